The monoisotopic (exact) mass is 232 g/mol. The van der Waals surface area contributed by atoms with Crippen molar-refractivity contribution >= 4 is 0 Å². The fourth-order valence-electron chi connectivity index (χ4n) is 1.45. The number of nitrogens with one attached hydrogen (secondary N) is 1. The fourth-order valence-corrected chi connectivity index (χ4v) is 1.45. The van der Waals surface area contributed by atoms with Gasteiger partial charge >= 0.3 is 0 Å². The molecule has 98 valence electrons. The molecule has 0 atom stereocenters. The molecule has 4 nitrogen and oxygen atoms in total. The second-order valence-electron chi connectivity index (χ2n) is 3.74. The van der Waals surface area contributed by atoms with Gasteiger partial charge in [0.2, 0.25) is 0 Å². The van der Waals surface area contributed by atoms with Gasteiger partial charge in [0.1, 0.15) is 0 Å². The summed E-state index contributed by atoms with van der Waals surface area (Å²) in [4.78, 5) is 2.41. The molecule has 0 aliphatic carbocycles. The average Bonchev–Trinajstić information content (AvgIpc) is 2.32. The zero-order chi connectivity index (χ0) is 12.1. The number of methoxy groups -OCH3 is 1. The van der Waals surface area contributed by atoms with Crippen LogP contribution in [0.2, 0.25) is 0 Å². The summed E-state index contributed by atoms with van der Waals surface area (Å²) in [7, 11) is 1.72. The van der Waals surface area contributed by atoms with Gasteiger partial charge in [0.15, 0.2) is 0 Å². The number of nitrogens with zero attached hydrogens (tertiary/aromatic N) is 1. The van der Waals surface area contributed by atoms with Crippen LogP contribution >= 0.6 is 0 Å². The van der Waals surface area contributed by atoms with Crippen molar-refractivity contribution < 1.29 is 9.47 Å². The summed E-state index contributed by atoms with van der Waals surface area (Å²) in [5, 5.41) is 3.38. The summed E-state index contributed by atoms with van der Waals surface area (Å²) >= 11 is 0. The maximum absolute atomic E-state index is 5.44. The lowest BCUT2D eigenvalue weighted by atomic mass is 10.4. The van der Waals surface area contributed by atoms with E-state index in [0.717, 1.165) is 59.0 Å². The van der Waals surface area contributed by atoms with Crippen molar-refractivity contribution in [2.75, 3.05) is 59.7 Å². The summed E-state index contributed by atoms with van der Waals surface area (Å²) in [5.74, 6) is 0. The van der Waals surface area contributed by atoms with E-state index in [4.69, 9.17) is 9.47 Å². The molecular formula is C12H28N2O2. The minimum Gasteiger partial charge on any atom is -0.385 e. The molecule has 0 aliphatic rings. The third-order valence-electron chi connectivity index (χ3n) is 2.56. The van der Waals surface area contributed by atoms with Crippen molar-refractivity contribution in [2.24, 2.45) is 0 Å². The van der Waals surface area contributed by atoms with E-state index < -0.39 is 0 Å². The molecule has 0 rings (SSSR count). The first kappa shape index (κ1) is 15.8. The number of rotatable bonds is 12. The molecule has 4 heteroatoms. The third kappa shape index (κ3) is 10.4. The van der Waals surface area contributed by atoms with Crippen molar-refractivity contribution in [1.82, 2.24) is 10.2 Å². The summed E-state index contributed by atoms with van der Waals surface area (Å²) in [6, 6.07) is 0. The molecule has 0 saturated heterocycles. The van der Waals surface area contributed by atoms with Crippen LogP contribution in [-0.4, -0.2) is 64.6 Å². The first-order chi connectivity index (χ1) is 7.85. The Hall–Kier alpha value is -0.160. The van der Waals surface area contributed by atoms with Crippen LogP contribution in [-0.2, 0) is 9.47 Å². The van der Waals surface area contributed by atoms with Crippen molar-refractivity contribution in [3.8, 4) is 0 Å². The molecule has 0 amide bonds. The van der Waals surface area contributed by atoms with Crippen LogP contribution in [0.5, 0.6) is 0 Å². The molecule has 0 heterocycles. The molecule has 0 spiro atoms. The molecule has 0 fully saturated rings. The maximum atomic E-state index is 5.44. The van der Waals surface area contributed by atoms with Gasteiger partial charge in [-0.2, -0.15) is 0 Å². The molecule has 0 saturated carbocycles. The SMILES string of the molecule is CCN(CC)CCNCCOCCCOC. The van der Waals surface area contributed by atoms with Crippen LogP contribution in [0.3, 0.4) is 0 Å². The Kier molecular flexibility index (Phi) is 12.8. The van der Waals surface area contributed by atoms with Crippen molar-refractivity contribution in [3.05, 3.63) is 0 Å². The maximum Gasteiger partial charge on any atom is 0.0590 e. The molecule has 0 unspecified atom stereocenters. The lowest BCUT2D eigenvalue weighted by Gasteiger charge is -2.17. The van der Waals surface area contributed by atoms with E-state index in [1.807, 2.05) is 0 Å². The Morgan fingerprint density at radius 2 is 1.75 bits per heavy atom. The lowest BCUT2D eigenvalue weighted by Crippen LogP contribution is -2.33. The van der Waals surface area contributed by atoms with Gasteiger partial charge in [-0.05, 0) is 19.5 Å². The van der Waals surface area contributed by atoms with E-state index in [2.05, 4.69) is 24.1 Å². The highest BCUT2D eigenvalue weighted by Gasteiger charge is 1.97. The largest absolute Gasteiger partial charge is 0.385 e. The van der Waals surface area contributed by atoms with Crippen LogP contribution < -0.4 is 5.32 Å². The number of likely N-dealkylation sites (N-methyl/N-ethyl adjacent to an activating group) is 1. The fraction of sp³-hybridized carbons (Fsp3) is 1.00. The van der Waals surface area contributed by atoms with E-state index >= 15 is 0 Å². The Morgan fingerprint density at radius 3 is 2.38 bits per heavy atom. The third-order valence-corrected chi connectivity index (χ3v) is 2.56. The van der Waals surface area contributed by atoms with Crippen molar-refractivity contribution in [1.29, 1.82) is 0 Å². The topological polar surface area (TPSA) is 33.7 Å². The summed E-state index contributed by atoms with van der Waals surface area (Å²) in [5.41, 5.74) is 0. The Labute approximate surface area is 100 Å². The van der Waals surface area contributed by atoms with Crippen LogP contribution in [0, 0.1) is 0 Å². The smallest absolute Gasteiger partial charge is 0.0590 e. The molecule has 0 bridgehead atoms. The van der Waals surface area contributed by atoms with Gasteiger partial charge in [-0.15, -0.1) is 0 Å². The quantitative estimate of drug-likeness (QED) is 0.508. The molecule has 0 aromatic heterocycles. The number of ether oxygens (including phenoxy) is 2. The minimum absolute atomic E-state index is 0.787. The average molecular weight is 232 g/mol. The molecular weight excluding hydrogens is 204 g/mol. The van der Waals surface area contributed by atoms with Crippen LogP contribution in [0.25, 0.3) is 0 Å². The van der Waals surface area contributed by atoms with E-state index in [1.54, 1.807) is 7.11 Å². The van der Waals surface area contributed by atoms with Gasteiger partial charge in [-0.3, -0.25) is 0 Å². The van der Waals surface area contributed by atoms with Gasteiger partial charge < -0.3 is 19.7 Å². The van der Waals surface area contributed by atoms with E-state index in [0.29, 0.717) is 0 Å². The van der Waals surface area contributed by atoms with Crippen LogP contribution in [0.4, 0.5) is 0 Å². The second kappa shape index (κ2) is 12.9. The summed E-state index contributed by atoms with van der Waals surface area (Å²) in [6.45, 7) is 12.1. The predicted molar refractivity (Wildman–Crippen MR) is 68.0 cm³/mol. The highest BCUT2D eigenvalue weighted by atomic mass is 16.5. The highest BCUT2D eigenvalue weighted by Crippen LogP contribution is 1.85. The molecule has 0 aromatic rings. The molecule has 0 aromatic carbocycles. The lowest BCUT2D eigenvalue weighted by molar-refractivity contribution is 0.104. The summed E-state index contributed by atoms with van der Waals surface area (Å²) < 4.78 is 10.4. The second-order valence-corrected chi connectivity index (χ2v) is 3.74. The molecule has 0 radical (unpaired) electrons. The molecule has 16 heavy (non-hydrogen) atoms. The van der Waals surface area contributed by atoms with Gasteiger partial charge in [-0.1, -0.05) is 13.8 Å². The van der Waals surface area contributed by atoms with Crippen molar-refractivity contribution in [3.63, 3.8) is 0 Å². The van der Waals surface area contributed by atoms with Crippen molar-refractivity contribution in [2.45, 2.75) is 20.3 Å². The Morgan fingerprint density at radius 1 is 1.00 bits per heavy atom. The molecule has 1 N–H and O–H groups in total. The Bertz CT molecular complexity index is 130. The zero-order valence-corrected chi connectivity index (χ0v) is 11.1. The number of hydrogen-bond acceptors (Lipinski definition) is 4. The highest BCUT2D eigenvalue weighted by molar-refractivity contribution is 4.55. The summed E-state index contributed by atoms with van der Waals surface area (Å²) in [6.07, 6.45) is 0.982. The normalized spacial score (nSPS) is 11.2. The van der Waals surface area contributed by atoms with Gasteiger partial charge in [0.25, 0.3) is 0 Å². The van der Waals surface area contributed by atoms with E-state index in [-0.39, 0.29) is 0 Å². The van der Waals surface area contributed by atoms with Gasteiger partial charge in [0, 0.05) is 40.0 Å². The Balaban J connectivity index is 3.03. The van der Waals surface area contributed by atoms with Gasteiger partial charge in [0.05, 0.1) is 6.61 Å². The minimum atomic E-state index is 0.787. The van der Waals surface area contributed by atoms with E-state index in [1.165, 1.54) is 0 Å². The standard InChI is InChI=1S/C12H28N2O2/c1-4-14(5-2)9-7-13-8-12-16-11-6-10-15-3/h13H,4-12H2,1-3H3. The zero-order valence-electron chi connectivity index (χ0n) is 11.1. The first-order valence-corrected chi connectivity index (χ1v) is 6.34. The number of hydrogen-bond donors (Lipinski definition) is 1. The van der Waals surface area contributed by atoms with E-state index in [9.17, 15) is 0 Å². The predicted octanol–water partition coefficient (Wildman–Crippen LogP) is 0.971. The van der Waals surface area contributed by atoms with Crippen LogP contribution in [0.1, 0.15) is 20.3 Å². The first-order valence-electron chi connectivity index (χ1n) is 6.34. The van der Waals surface area contributed by atoms with Gasteiger partial charge in [-0.25, -0.2) is 0 Å². The van der Waals surface area contributed by atoms with Crippen LogP contribution in [0.15, 0.2) is 0 Å². The molecule has 0 aliphatic heterocycles.